The van der Waals surface area contributed by atoms with Gasteiger partial charge in [0.1, 0.15) is 5.75 Å². The topological polar surface area (TPSA) is 44.1 Å². The summed E-state index contributed by atoms with van der Waals surface area (Å²) >= 11 is 0. The van der Waals surface area contributed by atoms with Crippen LogP contribution >= 0.6 is 0 Å². The first-order chi connectivity index (χ1) is 12.7. The molecule has 3 aromatic rings. The van der Waals surface area contributed by atoms with Crippen molar-refractivity contribution in [3.05, 3.63) is 85.7 Å². The van der Waals surface area contributed by atoms with Crippen LogP contribution in [0.25, 0.3) is 0 Å². The van der Waals surface area contributed by atoms with Gasteiger partial charge in [-0.2, -0.15) is 0 Å². The molecule has 0 saturated carbocycles. The SMILES string of the molecule is Cc1cc(C)c(Cn2nc(Oc3c(C)cc(C)cc3C)ccc2=O)c(C)c1. The maximum atomic E-state index is 12.3. The van der Waals surface area contributed by atoms with Crippen molar-refractivity contribution in [3.8, 4) is 11.6 Å². The zero-order chi connectivity index (χ0) is 19.7. The Morgan fingerprint density at radius 2 is 1.33 bits per heavy atom. The van der Waals surface area contributed by atoms with Crippen LogP contribution in [-0.2, 0) is 6.54 Å². The van der Waals surface area contributed by atoms with Crippen LogP contribution in [-0.4, -0.2) is 9.78 Å². The van der Waals surface area contributed by atoms with Crippen molar-refractivity contribution in [3.63, 3.8) is 0 Å². The minimum Gasteiger partial charge on any atom is -0.437 e. The van der Waals surface area contributed by atoms with E-state index in [0.717, 1.165) is 33.6 Å². The lowest BCUT2D eigenvalue weighted by Crippen LogP contribution is -2.23. The largest absolute Gasteiger partial charge is 0.437 e. The molecular formula is C23H26N2O2. The molecule has 0 radical (unpaired) electrons. The van der Waals surface area contributed by atoms with Gasteiger partial charge in [-0.15, -0.1) is 5.10 Å². The Bertz CT molecular complexity index is 1020. The molecule has 1 aromatic heterocycles. The monoisotopic (exact) mass is 362 g/mol. The summed E-state index contributed by atoms with van der Waals surface area (Å²) in [7, 11) is 0. The van der Waals surface area contributed by atoms with Crippen LogP contribution < -0.4 is 10.3 Å². The van der Waals surface area contributed by atoms with Crippen molar-refractivity contribution in [2.45, 2.75) is 48.1 Å². The summed E-state index contributed by atoms with van der Waals surface area (Å²) in [5, 5.41) is 4.45. The first-order valence-electron chi connectivity index (χ1n) is 9.15. The van der Waals surface area contributed by atoms with E-state index in [1.165, 1.54) is 21.9 Å². The predicted octanol–water partition coefficient (Wildman–Crippen LogP) is 4.93. The van der Waals surface area contributed by atoms with E-state index in [-0.39, 0.29) is 5.56 Å². The Morgan fingerprint density at radius 1 is 0.815 bits per heavy atom. The molecule has 3 rings (SSSR count). The summed E-state index contributed by atoms with van der Waals surface area (Å²) in [5.41, 5.74) is 7.83. The third-order valence-corrected chi connectivity index (χ3v) is 4.80. The second kappa shape index (κ2) is 7.39. The molecule has 140 valence electrons. The van der Waals surface area contributed by atoms with Crippen LogP contribution in [0.15, 0.2) is 41.2 Å². The molecule has 0 spiro atoms. The Labute approximate surface area is 160 Å². The van der Waals surface area contributed by atoms with Gasteiger partial charge in [0.05, 0.1) is 6.54 Å². The van der Waals surface area contributed by atoms with Gasteiger partial charge in [0, 0.05) is 12.1 Å². The molecule has 4 heteroatoms. The average Bonchev–Trinajstić information content (AvgIpc) is 2.56. The quantitative estimate of drug-likeness (QED) is 0.661. The van der Waals surface area contributed by atoms with E-state index in [9.17, 15) is 4.79 Å². The fourth-order valence-corrected chi connectivity index (χ4v) is 3.64. The first kappa shape index (κ1) is 18.9. The molecule has 0 aliphatic carbocycles. The molecule has 1 heterocycles. The maximum absolute atomic E-state index is 12.3. The van der Waals surface area contributed by atoms with Crippen LogP contribution in [0.1, 0.15) is 38.9 Å². The summed E-state index contributed by atoms with van der Waals surface area (Å²) in [6, 6.07) is 11.6. The van der Waals surface area contributed by atoms with Gasteiger partial charge in [-0.3, -0.25) is 4.79 Å². The highest BCUT2D eigenvalue weighted by Crippen LogP contribution is 2.28. The Hall–Kier alpha value is -2.88. The number of aryl methyl sites for hydroxylation is 6. The van der Waals surface area contributed by atoms with Crippen molar-refractivity contribution in [1.29, 1.82) is 0 Å². The number of ether oxygens (including phenoxy) is 1. The second-order valence-electron chi connectivity index (χ2n) is 7.37. The van der Waals surface area contributed by atoms with Crippen molar-refractivity contribution < 1.29 is 4.74 Å². The normalized spacial score (nSPS) is 10.9. The molecule has 2 aromatic carbocycles. The van der Waals surface area contributed by atoms with E-state index in [2.05, 4.69) is 57.1 Å². The number of aromatic nitrogens is 2. The third-order valence-electron chi connectivity index (χ3n) is 4.80. The molecule has 0 saturated heterocycles. The van der Waals surface area contributed by atoms with Crippen LogP contribution in [0.5, 0.6) is 11.6 Å². The third kappa shape index (κ3) is 4.11. The highest BCUT2D eigenvalue weighted by Gasteiger charge is 2.11. The molecule has 0 N–H and O–H groups in total. The molecule has 27 heavy (non-hydrogen) atoms. The summed E-state index contributed by atoms with van der Waals surface area (Å²) in [5.74, 6) is 1.22. The van der Waals surface area contributed by atoms with Crippen LogP contribution in [0.4, 0.5) is 0 Å². The lowest BCUT2D eigenvalue weighted by molar-refractivity contribution is 0.429. The van der Waals surface area contributed by atoms with E-state index in [4.69, 9.17) is 4.74 Å². The minimum absolute atomic E-state index is 0.140. The molecule has 4 nitrogen and oxygen atoms in total. The fourth-order valence-electron chi connectivity index (χ4n) is 3.64. The van der Waals surface area contributed by atoms with Gasteiger partial charge in [-0.05, 0) is 69.4 Å². The van der Waals surface area contributed by atoms with Crippen molar-refractivity contribution in [2.24, 2.45) is 0 Å². The highest BCUT2D eigenvalue weighted by molar-refractivity contribution is 5.44. The molecular weight excluding hydrogens is 336 g/mol. The van der Waals surface area contributed by atoms with Gasteiger partial charge in [-0.25, -0.2) is 4.68 Å². The number of hydrogen-bond donors (Lipinski definition) is 0. The minimum atomic E-state index is -0.140. The molecule has 0 aliphatic heterocycles. The zero-order valence-electron chi connectivity index (χ0n) is 16.9. The first-order valence-corrected chi connectivity index (χ1v) is 9.15. The van der Waals surface area contributed by atoms with Gasteiger partial charge in [0.25, 0.3) is 5.56 Å². The number of nitrogens with zero attached hydrogens (tertiary/aromatic N) is 2. The number of benzene rings is 2. The van der Waals surface area contributed by atoms with Gasteiger partial charge in [0.2, 0.25) is 5.88 Å². The molecule has 0 fully saturated rings. The maximum Gasteiger partial charge on any atom is 0.267 e. The number of hydrogen-bond acceptors (Lipinski definition) is 3. The fraction of sp³-hybridized carbons (Fsp3) is 0.304. The summed E-state index contributed by atoms with van der Waals surface area (Å²) in [6.07, 6.45) is 0. The van der Waals surface area contributed by atoms with Gasteiger partial charge < -0.3 is 4.74 Å². The lowest BCUT2D eigenvalue weighted by atomic mass is 10.00. The van der Waals surface area contributed by atoms with Crippen molar-refractivity contribution in [1.82, 2.24) is 9.78 Å². The standard InChI is InChI=1S/C23H26N2O2/c1-14-9-16(3)20(17(4)10-14)13-25-22(26)8-7-21(24-25)27-23-18(5)11-15(2)12-19(23)6/h7-12H,13H2,1-6H3. The zero-order valence-corrected chi connectivity index (χ0v) is 16.9. The molecule has 0 aliphatic rings. The molecule has 0 atom stereocenters. The lowest BCUT2D eigenvalue weighted by Gasteiger charge is -2.15. The highest BCUT2D eigenvalue weighted by atomic mass is 16.5. The second-order valence-corrected chi connectivity index (χ2v) is 7.37. The van der Waals surface area contributed by atoms with E-state index in [1.807, 2.05) is 13.8 Å². The van der Waals surface area contributed by atoms with E-state index >= 15 is 0 Å². The van der Waals surface area contributed by atoms with Crippen LogP contribution in [0, 0.1) is 41.5 Å². The van der Waals surface area contributed by atoms with Gasteiger partial charge in [0.15, 0.2) is 0 Å². The van der Waals surface area contributed by atoms with Crippen LogP contribution in [0.3, 0.4) is 0 Å². The van der Waals surface area contributed by atoms with Gasteiger partial charge in [-0.1, -0.05) is 35.4 Å². The van der Waals surface area contributed by atoms with Crippen molar-refractivity contribution in [2.75, 3.05) is 0 Å². The van der Waals surface area contributed by atoms with E-state index in [1.54, 1.807) is 6.07 Å². The summed E-state index contributed by atoms with van der Waals surface area (Å²) < 4.78 is 7.51. The smallest absolute Gasteiger partial charge is 0.267 e. The van der Waals surface area contributed by atoms with E-state index in [0.29, 0.717) is 12.4 Å². The summed E-state index contributed by atoms with van der Waals surface area (Å²) in [6.45, 7) is 12.7. The molecule has 0 amide bonds. The van der Waals surface area contributed by atoms with E-state index < -0.39 is 0 Å². The van der Waals surface area contributed by atoms with Crippen LogP contribution in [0.2, 0.25) is 0 Å². The Balaban J connectivity index is 1.95. The number of rotatable bonds is 4. The molecule has 0 unspecified atom stereocenters. The molecule has 0 bridgehead atoms. The average molecular weight is 362 g/mol. The van der Waals surface area contributed by atoms with Crippen molar-refractivity contribution >= 4 is 0 Å². The Morgan fingerprint density at radius 3 is 1.89 bits per heavy atom. The van der Waals surface area contributed by atoms with Gasteiger partial charge >= 0.3 is 0 Å². The summed E-state index contributed by atoms with van der Waals surface area (Å²) in [4.78, 5) is 12.3. The Kier molecular flexibility index (Phi) is 5.17. The predicted molar refractivity (Wildman–Crippen MR) is 109 cm³/mol.